The van der Waals surface area contributed by atoms with Crippen molar-refractivity contribution >= 4 is 11.7 Å². The number of hydrogen-bond donors (Lipinski definition) is 1. The average molecular weight is 465 g/mol. The van der Waals surface area contributed by atoms with Crippen LogP contribution in [0.25, 0.3) is 0 Å². The second-order valence-corrected chi connectivity index (χ2v) is 6.76. The van der Waals surface area contributed by atoms with Gasteiger partial charge in [-0.3, -0.25) is 4.79 Å². The van der Waals surface area contributed by atoms with Gasteiger partial charge in [0, 0.05) is 17.8 Å². The number of aliphatic hydroxyl groups is 1. The maximum Gasteiger partial charge on any atom is 0.430 e. The molecule has 2 rings (SSSR count). The number of rotatable bonds is 8. The van der Waals surface area contributed by atoms with Gasteiger partial charge in [0.1, 0.15) is 12.3 Å². The lowest BCUT2D eigenvalue weighted by atomic mass is 9.92. The Morgan fingerprint density at radius 2 is 1.47 bits per heavy atom. The lowest BCUT2D eigenvalue weighted by molar-refractivity contribution is -0.376. The Kier molecular flexibility index (Phi) is 7.66. The van der Waals surface area contributed by atoms with Crippen molar-refractivity contribution in [2.45, 2.75) is 31.4 Å². The van der Waals surface area contributed by atoms with Crippen LogP contribution in [0.2, 0.25) is 0 Å². The minimum Gasteiger partial charge on any atom is -0.497 e. The molecular weight excluding hydrogens is 444 g/mol. The van der Waals surface area contributed by atoms with Crippen LogP contribution in [0.1, 0.15) is 18.1 Å². The molecule has 0 fully saturated rings. The van der Waals surface area contributed by atoms with Gasteiger partial charge in [-0.1, -0.05) is 24.3 Å². The summed E-state index contributed by atoms with van der Waals surface area (Å²) in [5.74, 6) is -0.0548. The normalized spacial score (nSPS) is 12.4. The first-order valence-corrected chi connectivity index (χ1v) is 9.33. The molecule has 11 heteroatoms. The topological polar surface area (TPSA) is 59.0 Å². The van der Waals surface area contributed by atoms with Gasteiger partial charge in [0.05, 0.1) is 13.7 Å². The quantitative estimate of drug-likeness (QED) is 0.457. The Balaban J connectivity index is 2.39. The monoisotopic (exact) mass is 465 g/mol. The first kappa shape index (κ1) is 25.3. The highest BCUT2D eigenvalue weighted by Crippen LogP contribution is 2.50. The van der Waals surface area contributed by atoms with Gasteiger partial charge in [-0.15, -0.1) is 0 Å². The van der Waals surface area contributed by atoms with Crippen LogP contribution < -0.4 is 9.64 Å². The van der Waals surface area contributed by atoms with Crippen LogP contribution in [0.3, 0.4) is 0 Å². The molecule has 0 saturated carbocycles. The molecular formula is C21H21F6NO4. The molecule has 2 aromatic carbocycles. The second-order valence-electron chi connectivity index (χ2n) is 6.76. The molecule has 0 amide bonds. The fourth-order valence-electron chi connectivity index (χ4n) is 2.95. The maximum absolute atomic E-state index is 13.1. The van der Waals surface area contributed by atoms with Crippen molar-refractivity contribution in [3.63, 3.8) is 0 Å². The highest BCUT2D eigenvalue weighted by atomic mass is 19.4. The zero-order valence-corrected chi connectivity index (χ0v) is 17.1. The number of benzene rings is 2. The van der Waals surface area contributed by atoms with E-state index in [0.717, 1.165) is 12.1 Å². The van der Waals surface area contributed by atoms with Gasteiger partial charge < -0.3 is 19.5 Å². The number of hydrogen-bond acceptors (Lipinski definition) is 5. The number of anilines is 1. The molecule has 0 aliphatic rings. The second kappa shape index (κ2) is 9.68. The smallest absolute Gasteiger partial charge is 0.430 e. The molecule has 2 aromatic rings. The van der Waals surface area contributed by atoms with Gasteiger partial charge in [0.2, 0.25) is 0 Å². The lowest BCUT2D eigenvalue weighted by Crippen LogP contribution is -2.53. The van der Waals surface area contributed by atoms with E-state index in [-0.39, 0.29) is 25.4 Å². The van der Waals surface area contributed by atoms with Gasteiger partial charge in [0.15, 0.2) is 0 Å². The van der Waals surface area contributed by atoms with Crippen LogP contribution in [0.5, 0.6) is 5.75 Å². The van der Waals surface area contributed by atoms with Crippen molar-refractivity contribution in [1.29, 1.82) is 0 Å². The van der Waals surface area contributed by atoms with Crippen LogP contribution in [0.15, 0.2) is 48.5 Å². The van der Waals surface area contributed by atoms with Crippen molar-refractivity contribution < 1.29 is 45.7 Å². The fraction of sp³-hybridized carbons (Fsp3) is 0.381. The third-order valence-corrected chi connectivity index (χ3v) is 4.63. The van der Waals surface area contributed by atoms with Crippen molar-refractivity contribution in [2.24, 2.45) is 0 Å². The summed E-state index contributed by atoms with van der Waals surface area (Å²) in [5.41, 5.74) is -5.56. The van der Waals surface area contributed by atoms with E-state index in [4.69, 9.17) is 9.47 Å². The highest BCUT2D eigenvalue weighted by Gasteiger charge is 2.71. The van der Waals surface area contributed by atoms with E-state index in [1.165, 1.54) is 12.0 Å². The Bertz CT molecular complexity index is 880. The number of halogens is 6. The first-order valence-electron chi connectivity index (χ1n) is 9.33. The Morgan fingerprint density at radius 1 is 0.938 bits per heavy atom. The van der Waals surface area contributed by atoms with Crippen LogP contribution >= 0.6 is 0 Å². The molecule has 32 heavy (non-hydrogen) atoms. The summed E-state index contributed by atoms with van der Waals surface area (Å²) in [6.07, 6.45) is -12.0. The Hall–Kier alpha value is -2.95. The van der Waals surface area contributed by atoms with Gasteiger partial charge in [-0.25, -0.2) is 0 Å². The lowest BCUT2D eigenvalue weighted by Gasteiger charge is -2.33. The predicted molar refractivity (Wildman–Crippen MR) is 103 cm³/mol. The van der Waals surface area contributed by atoms with E-state index in [0.29, 0.717) is 23.4 Å². The molecule has 0 radical (unpaired) electrons. The molecule has 0 aliphatic carbocycles. The van der Waals surface area contributed by atoms with Gasteiger partial charge in [-0.05, 0) is 36.8 Å². The number of esters is 1. The van der Waals surface area contributed by atoms with Crippen molar-refractivity contribution in [3.05, 3.63) is 59.7 Å². The number of methoxy groups -OCH3 is 1. The van der Waals surface area contributed by atoms with Crippen LogP contribution in [0, 0.1) is 0 Å². The summed E-state index contributed by atoms with van der Waals surface area (Å²) in [4.78, 5) is 13.4. The van der Waals surface area contributed by atoms with Gasteiger partial charge in [0.25, 0.3) is 5.60 Å². The Labute approximate surface area is 180 Å². The largest absolute Gasteiger partial charge is 0.497 e. The summed E-state index contributed by atoms with van der Waals surface area (Å²) >= 11 is 0. The van der Waals surface area contributed by atoms with Crippen LogP contribution in [-0.2, 0) is 21.7 Å². The fourth-order valence-corrected chi connectivity index (χ4v) is 2.95. The van der Waals surface area contributed by atoms with Crippen LogP contribution in [0.4, 0.5) is 32.0 Å². The van der Waals surface area contributed by atoms with Gasteiger partial charge >= 0.3 is 18.3 Å². The standard InChI is InChI=1S/C21H21F6NO4/c1-3-32-18(29)13-28(12-14-4-10-17(31-2)11-5-14)16-8-6-15(7-9-16)19(30,20(22,23)24)21(25,26)27/h4-11,30H,3,12-13H2,1-2H3. The summed E-state index contributed by atoms with van der Waals surface area (Å²) in [6, 6.07) is 9.71. The number of carbonyl (C=O) groups is 1. The number of carbonyl (C=O) groups excluding carboxylic acids is 1. The zero-order chi connectivity index (χ0) is 24.2. The summed E-state index contributed by atoms with van der Waals surface area (Å²) in [7, 11) is 1.48. The average Bonchev–Trinajstić information content (AvgIpc) is 2.72. The minimum absolute atomic E-state index is 0.0956. The highest BCUT2D eigenvalue weighted by molar-refractivity contribution is 5.76. The third kappa shape index (κ3) is 5.45. The molecule has 176 valence electrons. The number of nitrogens with zero attached hydrogens (tertiary/aromatic N) is 1. The molecule has 0 unspecified atom stereocenters. The van der Waals surface area contributed by atoms with E-state index in [9.17, 15) is 36.2 Å². The third-order valence-electron chi connectivity index (χ3n) is 4.63. The molecule has 0 heterocycles. The van der Waals surface area contributed by atoms with E-state index in [1.54, 1.807) is 31.2 Å². The van der Waals surface area contributed by atoms with E-state index >= 15 is 0 Å². The van der Waals surface area contributed by atoms with E-state index in [2.05, 4.69) is 0 Å². The molecule has 0 bridgehead atoms. The number of ether oxygens (including phenoxy) is 2. The maximum atomic E-state index is 13.1. The van der Waals surface area contributed by atoms with Gasteiger partial charge in [-0.2, -0.15) is 26.3 Å². The molecule has 1 N–H and O–H groups in total. The van der Waals surface area contributed by atoms with Crippen molar-refractivity contribution in [3.8, 4) is 5.75 Å². The van der Waals surface area contributed by atoms with Crippen LogP contribution in [-0.4, -0.2) is 43.7 Å². The van der Waals surface area contributed by atoms with E-state index < -0.39 is 29.5 Å². The van der Waals surface area contributed by atoms with E-state index in [1.807, 2.05) is 0 Å². The molecule has 0 aromatic heterocycles. The Morgan fingerprint density at radius 3 is 1.91 bits per heavy atom. The first-order chi connectivity index (χ1) is 14.8. The molecule has 0 atom stereocenters. The minimum atomic E-state index is -5.99. The number of alkyl halides is 6. The summed E-state index contributed by atoms with van der Waals surface area (Å²) < 4.78 is 88.6. The SMILES string of the molecule is CCOC(=O)CN(Cc1ccc(OC)cc1)c1ccc(C(O)(C(F)(F)F)C(F)(F)F)cc1. The summed E-state index contributed by atoms with van der Waals surface area (Å²) in [6.45, 7) is 1.49. The molecule has 0 aliphatic heterocycles. The zero-order valence-electron chi connectivity index (χ0n) is 17.1. The molecule has 5 nitrogen and oxygen atoms in total. The molecule has 0 spiro atoms. The van der Waals surface area contributed by atoms with Crippen molar-refractivity contribution in [1.82, 2.24) is 0 Å². The van der Waals surface area contributed by atoms with Crippen molar-refractivity contribution in [2.75, 3.05) is 25.2 Å². The predicted octanol–water partition coefficient (Wildman–Crippen LogP) is 4.58. The summed E-state index contributed by atoms with van der Waals surface area (Å²) in [5, 5.41) is 9.54. The molecule has 0 saturated heterocycles.